The molecule has 1 aromatic rings. The minimum atomic E-state index is 0.652. The Labute approximate surface area is 129 Å². The molecule has 1 aromatic carbocycles. The fraction of sp³-hybridized carbons (Fsp3) is 0.684. The van der Waals surface area contributed by atoms with Crippen molar-refractivity contribution in [3.63, 3.8) is 0 Å². The van der Waals surface area contributed by atoms with Gasteiger partial charge in [0.1, 0.15) is 5.75 Å². The zero-order valence-corrected chi connectivity index (χ0v) is 13.3. The van der Waals surface area contributed by atoms with Gasteiger partial charge in [0.2, 0.25) is 0 Å². The summed E-state index contributed by atoms with van der Waals surface area (Å²) in [4.78, 5) is 0. The van der Waals surface area contributed by atoms with E-state index in [9.17, 15) is 0 Å². The molecule has 0 heterocycles. The summed E-state index contributed by atoms with van der Waals surface area (Å²) in [6.45, 7) is 1.14. The molecule has 2 aliphatic carbocycles. The molecule has 1 unspecified atom stereocenters. The Morgan fingerprint density at radius 1 is 1.10 bits per heavy atom. The van der Waals surface area contributed by atoms with Crippen molar-refractivity contribution < 1.29 is 4.74 Å². The lowest BCUT2D eigenvalue weighted by Gasteiger charge is -2.27. The van der Waals surface area contributed by atoms with Gasteiger partial charge in [-0.25, -0.2) is 0 Å². The lowest BCUT2D eigenvalue weighted by Crippen LogP contribution is -2.28. The van der Waals surface area contributed by atoms with E-state index in [2.05, 4.69) is 29.6 Å². The third-order valence-electron chi connectivity index (χ3n) is 5.19. The molecule has 0 aromatic heterocycles. The summed E-state index contributed by atoms with van der Waals surface area (Å²) in [7, 11) is 1.77. The van der Waals surface area contributed by atoms with Crippen molar-refractivity contribution in [1.29, 1.82) is 0 Å². The Balaban J connectivity index is 1.75. The standard InChI is InChI=1S/C19H29NO/c1-21-18-10-6-9-16(13-18)19(14-20-17-11-12-17)15-7-4-2-3-5-8-15/h6,9-10,13,15,17,19-20H,2-5,7-8,11-12,14H2,1H3. The summed E-state index contributed by atoms with van der Waals surface area (Å²) in [6, 6.07) is 9.55. The van der Waals surface area contributed by atoms with E-state index < -0.39 is 0 Å². The molecule has 2 fully saturated rings. The first-order valence-corrected chi connectivity index (χ1v) is 8.74. The molecular formula is C19H29NO. The van der Waals surface area contributed by atoms with Gasteiger partial charge in [-0.1, -0.05) is 37.8 Å². The van der Waals surface area contributed by atoms with Crippen LogP contribution in [-0.4, -0.2) is 19.7 Å². The highest BCUT2D eigenvalue weighted by atomic mass is 16.5. The van der Waals surface area contributed by atoms with Crippen LogP contribution in [0, 0.1) is 5.92 Å². The lowest BCUT2D eigenvalue weighted by atomic mass is 9.81. The molecule has 3 rings (SSSR count). The molecule has 116 valence electrons. The zero-order chi connectivity index (χ0) is 14.5. The van der Waals surface area contributed by atoms with Crippen LogP contribution in [0.5, 0.6) is 5.75 Å². The SMILES string of the molecule is COc1cccc(C(CNC2CC2)C2CCCCCC2)c1. The van der Waals surface area contributed by atoms with Gasteiger partial charge in [0.25, 0.3) is 0 Å². The molecule has 2 aliphatic rings. The third-order valence-corrected chi connectivity index (χ3v) is 5.19. The first-order chi connectivity index (χ1) is 10.4. The van der Waals surface area contributed by atoms with Crippen LogP contribution in [0.3, 0.4) is 0 Å². The second-order valence-electron chi connectivity index (χ2n) is 6.82. The van der Waals surface area contributed by atoms with Crippen LogP contribution in [0.15, 0.2) is 24.3 Å². The number of methoxy groups -OCH3 is 1. The molecule has 0 spiro atoms. The van der Waals surface area contributed by atoms with Crippen molar-refractivity contribution in [2.24, 2.45) is 5.92 Å². The quantitative estimate of drug-likeness (QED) is 0.778. The summed E-state index contributed by atoms with van der Waals surface area (Å²) < 4.78 is 5.43. The smallest absolute Gasteiger partial charge is 0.119 e. The van der Waals surface area contributed by atoms with Crippen molar-refractivity contribution >= 4 is 0 Å². The van der Waals surface area contributed by atoms with Crippen LogP contribution < -0.4 is 10.1 Å². The van der Waals surface area contributed by atoms with Crippen molar-refractivity contribution in [1.82, 2.24) is 5.32 Å². The first-order valence-electron chi connectivity index (χ1n) is 8.74. The van der Waals surface area contributed by atoms with Gasteiger partial charge >= 0.3 is 0 Å². The van der Waals surface area contributed by atoms with Crippen molar-refractivity contribution in [2.45, 2.75) is 63.3 Å². The van der Waals surface area contributed by atoms with Crippen molar-refractivity contribution in [3.8, 4) is 5.75 Å². The molecule has 2 saturated carbocycles. The Hall–Kier alpha value is -1.02. The summed E-state index contributed by atoms with van der Waals surface area (Å²) in [5.41, 5.74) is 1.47. The van der Waals surface area contributed by atoms with E-state index in [0.717, 1.165) is 24.3 Å². The van der Waals surface area contributed by atoms with Gasteiger partial charge in [-0.05, 0) is 55.2 Å². The zero-order valence-electron chi connectivity index (χ0n) is 13.3. The van der Waals surface area contributed by atoms with Gasteiger partial charge in [-0.15, -0.1) is 0 Å². The fourth-order valence-electron chi connectivity index (χ4n) is 3.72. The van der Waals surface area contributed by atoms with E-state index >= 15 is 0 Å². The van der Waals surface area contributed by atoms with E-state index in [1.807, 2.05) is 0 Å². The normalized spacial score (nSPS) is 21.8. The Morgan fingerprint density at radius 3 is 2.52 bits per heavy atom. The van der Waals surface area contributed by atoms with Crippen LogP contribution in [0.4, 0.5) is 0 Å². The largest absolute Gasteiger partial charge is 0.497 e. The topological polar surface area (TPSA) is 21.3 Å². The highest BCUT2D eigenvalue weighted by Crippen LogP contribution is 2.36. The van der Waals surface area contributed by atoms with Gasteiger partial charge in [0.15, 0.2) is 0 Å². The number of hydrogen-bond donors (Lipinski definition) is 1. The molecule has 0 amide bonds. The highest BCUT2D eigenvalue weighted by Gasteiger charge is 2.27. The van der Waals surface area contributed by atoms with E-state index in [4.69, 9.17) is 4.74 Å². The lowest BCUT2D eigenvalue weighted by molar-refractivity contribution is 0.358. The minimum Gasteiger partial charge on any atom is -0.497 e. The van der Waals surface area contributed by atoms with Gasteiger partial charge < -0.3 is 10.1 Å². The van der Waals surface area contributed by atoms with Crippen LogP contribution in [0.1, 0.15) is 62.8 Å². The van der Waals surface area contributed by atoms with Crippen molar-refractivity contribution in [2.75, 3.05) is 13.7 Å². The molecule has 0 radical (unpaired) electrons. The predicted octanol–water partition coefficient (Wildman–Crippen LogP) is 4.50. The Kier molecular flexibility index (Phi) is 5.18. The summed E-state index contributed by atoms with van der Waals surface area (Å²) >= 11 is 0. The average Bonchev–Trinajstić information content (AvgIpc) is 3.35. The molecule has 2 nitrogen and oxygen atoms in total. The minimum absolute atomic E-state index is 0.652. The predicted molar refractivity (Wildman–Crippen MR) is 88.0 cm³/mol. The molecule has 0 bridgehead atoms. The van der Waals surface area contributed by atoms with E-state index in [1.165, 1.54) is 56.9 Å². The van der Waals surface area contributed by atoms with E-state index in [1.54, 1.807) is 7.11 Å². The fourth-order valence-corrected chi connectivity index (χ4v) is 3.72. The number of benzene rings is 1. The molecule has 21 heavy (non-hydrogen) atoms. The highest BCUT2D eigenvalue weighted by molar-refractivity contribution is 5.31. The molecule has 0 saturated heterocycles. The van der Waals surface area contributed by atoms with Crippen LogP contribution in [0.2, 0.25) is 0 Å². The van der Waals surface area contributed by atoms with Crippen LogP contribution in [0.25, 0.3) is 0 Å². The molecule has 0 aliphatic heterocycles. The van der Waals surface area contributed by atoms with Gasteiger partial charge in [-0.3, -0.25) is 0 Å². The molecule has 1 N–H and O–H groups in total. The number of ether oxygens (including phenoxy) is 1. The summed E-state index contributed by atoms with van der Waals surface area (Å²) in [5, 5.41) is 3.77. The van der Waals surface area contributed by atoms with Gasteiger partial charge in [0.05, 0.1) is 7.11 Å². The van der Waals surface area contributed by atoms with Crippen molar-refractivity contribution in [3.05, 3.63) is 29.8 Å². The maximum absolute atomic E-state index is 5.43. The maximum Gasteiger partial charge on any atom is 0.119 e. The third kappa shape index (κ3) is 4.23. The Morgan fingerprint density at radius 2 is 1.86 bits per heavy atom. The second-order valence-corrected chi connectivity index (χ2v) is 6.82. The molecular weight excluding hydrogens is 258 g/mol. The van der Waals surface area contributed by atoms with Crippen LogP contribution >= 0.6 is 0 Å². The molecule has 1 atom stereocenters. The first kappa shape index (κ1) is 14.9. The number of rotatable bonds is 6. The second kappa shape index (κ2) is 7.31. The number of hydrogen-bond acceptors (Lipinski definition) is 2. The monoisotopic (exact) mass is 287 g/mol. The average molecular weight is 287 g/mol. The van der Waals surface area contributed by atoms with E-state index in [-0.39, 0.29) is 0 Å². The van der Waals surface area contributed by atoms with Gasteiger partial charge in [-0.2, -0.15) is 0 Å². The Bertz CT molecular complexity index is 433. The number of nitrogens with one attached hydrogen (secondary N) is 1. The summed E-state index contributed by atoms with van der Waals surface area (Å²) in [5.74, 6) is 2.49. The molecule has 2 heteroatoms. The van der Waals surface area contributed by atoms with Gasteiger partial charge in [0, 0.05) is 12.6 Å². The van der Waals surface area contributed by atoms with Crippen LogP contribution in [-0.2, 0) is 0 Å². The summed E-state index contributed by atoms with van der Waals surface area (Å²) in [6.07, 6.45) is 11.2. The van der Waals surface area contributed by atoms with E-state index in [0.29, 0.717) is 5.92 Å². The maximum atomic E-state index is 5.43.